The number of hydrogen-bond acceptors (Lipinski definition) is 6. The first-order valence-electron chi connectivity index (χ1n) is 8.43. The van der Waals surface area contributed by atoms with E-state index in [-0.39, 0.29) is 6.10 Å². The Hall–Kier alpha value is -1.89. The zero-order valence-corrected chi connectivity index (χ0v) is 15.2. The van der Waals surface area contributed by atoms with Gasteiger partial charge in [0, 0.05) is 19.2 Å². The molecular formula is C17H31N3O4. The van der Waals surface area contributed by atoms with E-state index in [0.717, 1.165) is 18.5 Å². The minimum Gasteiger partial charge on any atom is -0.480 e. The third-order valence-electron chi connectivity index (χ3n) is 3.99. The summed E-state index contributed by atoms with van der Waals surface area (Å²) in [7, 11) is 3.46. The van der Waals surface area contributed by atoms with E-state index in [1.807, 2.05) is 20.0 Å². The van der Waals surface area contributed by atoms with E-state index in [9.17, 15) is 9.70 Å². The average molecular weight is 341 g/mol. The van der Waals surface area contributed by atoms with Gasteiger partial charge in [-0.2, -0.15) is 0 Å². The van der Waals surface area contributed by atoms with Gasteiger partial charge in [0.25, 0.3) is 0 Å². The maximum Gasteiger partial charge on any atom is 0.328 e. The van der Waals surface area contributed by atoms with Crippen molar-refractivity contribution in [2.24, 2.45) is 5.34 Å². The molecule has 0 bridgehead atoms. The van der Waals surface area contributed by atoms with E-state index in [1.54, 1.807) is 19.2 Å². The maximum absolute atomic E-state index is 10.9. The highest BCUT2D eigenvalue weighted by Gasteiger charge is 2.34. The average Bonchev–Trinajstić information content (AvgIpc) is 2.59. The highest BCUT2D eigenvalue weighted by molar-refractivity contribution is 5.82. The lowest BCUT2D eigenvalue weighted by atomic mass is 9.90. The lowest BCUT2D eigenvalue weighted by Gasteiger charge is -2.27. The predicted molar refractivity (Wildman–Crippen MR) is 95.4 cm³/mol. The first-order valence-corrected chi connectivity index (χ1v) is 8.43. The molecule has 0 saturated heterocycles. The number of aliphatic carboxylic acids is 1. The topological polar surface area (TPSA) is 100 Å². The molecular weight excluding hydrogens is 310 g/mol. The molecule has 138 valence electrons. The van der Waals surface area contributed by atoms with Gasteiger partial charge >= 0.3 is 5.97 Å². The van der Waals surface area contributed by atoms with Gasteiger partial charge in [0.2, 0.25) is 0 Å². The van der Waals surface area contributed by atoms with Gasteiger partial charge in [-0.3, -0.25) is 0 Å². The van der Waals surface area contributed by atoms with Crippen LogP contribution < -0.4 is 10.6 Å². The first-order chi connectivity index (χ1) is 11.5. The molecule has 0 amide bonds. The highest BCUT2D eigenvalue weighted by Crippen LogP contribution is 2.19. The molecule has 1 aliphatic rings. The Bertz CT molecular complexity index is 438. The minimum atomic E-state index is -0.930. The van der Waals surface area contributed by atoms with Crippen LogP contribution in [0.4, 0.5) is 0 Å². The molecule has 7 heteroatoms. The summed E-state index contributed by atoms with van der Waals surface area (Å²) in [5.41, 5.74) is 0.0208. The van der Waals surface area contributed by atoms with E-state index >= 15 is 0 Å². The van der Waals surface area contributed by atoms with Crippen molar-refractivity contribution < 1.29 is 14.7 Å². The van der Waals surface area contributed by atoms with Crippen LogP contribution in [0.1, 0.15) is 52.4 Å². The molecule has 1 rings (SSSR count). The Morgan fingerprint density at radius 3 is 2.54 bits per heavy atom. The molecule has 3 N–H and O–H groups in total. The van der Waals surface area contributed by atoms with Crippen LogP contribution in [0.25, 0.3) is 0 Å². The number of hydrogen-bond donors (Lipinski definition) is 3. The summed E-state index contributed by atoms with van der Waals surface area (Å²) in [5, 5.41) is 17.1. The Morgan fingerprint density at radius 1 is 1.42 bits per heavy atom. The van der Waals surface area contributed by atoms with Crippen molar-refractivity contribution in [2.75, 3.05) is 14.1 Å². The summed E-state index contributed by atoms with van der Waals surface area (Å²) < 4.78 is 0. The number of nitrogens with zero attached hydrogens (tertiary/aromatic N) is 1. The predicted octanol–water partition coefficient (Wildman–Crippen LogP) is 3.14. The van der Waals surface area contributed by atoms with Gasteiger partial charge in [0.15, 0.2) is 5.34 Å². The molecule has 0 aliphatic heterocycles. The largest absolute Gasteiger partial charge is 0.480 e. The van der Waals surface area contributed by atoms with E-state index < -0.39 is 11.5 Å². The number of rotatable bonds is 10. The molecule has 1 aliphatic carbocycles. The van der Waals surface area contributed by atoms with Gasteiger partial charge in [-0.25, -0.2) is 4.79 Å². The summed E-state index contributed by atoms with van der Waals surface area (Å²) in [6, 6.07) is 0. The monoisotopic (exact) mass is 341 g/mol. The van der Waals surface area contributed by atoms with E-state index in [2.05, 4.69) is 27.7 Å². The third-order valence-corrected chi connectivity index (χ3v) is 3.99. The lowest BCUT2D eigenvalue weighted by Crippen LogP contribution is -2.49. The van der Waals surface area contributed by atoms with Crippen LogP contribution in [-0.4, -0.2) is 36.8 Å². The van der Waals surface area contributed by atoms with Gasteiger partial charge < -0.3 is 20.6 Å². The smallest absolute Gasteiger partial charge is 0.328 e. The van der Waals surface area contributed by atoms with Crippen molar-refractivity contribution in [2.45, 2.75) is 64.0 Å². The normalized spacial score (nSPS) is 20.2. The molecule has 24 heavy (non-hydrogen) atoms. The van der Waals surface area contributed by atoms with Gasteiger partial charge in [0.05, 0.1) is 0 Å². The SMILES string of the molecule is CCCCCCC(C)ON=O.CNC1=CCC(NC)(C(=O)O)C=C1. The van der Waals surface area contributed by atoms with Crippen LogP contribution in [0.5, 0.6) is 0 Å². The second-order valence-corrected chi connectivity index (χ2v) is 5.81. The van der Waals surface area contributed by atoms with Crippen LogP contribution in [0, 0.1) is 4.91 Å². The fourth-order valence-corrected chi connectivity index (χ4v) is 2.26. The van der Waals surface area contributed by atoms with E-state index in [1.165, 1.54) is 19.3 Å². The Balaban J connectivity index is 0.000000449. The van der Waals surface area contributed by atoms with E-state index in [0.29, 0.717) is 6.42 Å². The molecule has 0 saturated carbocycles. The molecule has 0 aromatic rings. The molecule has 2 atom stereocenters. The lowest BCUT2D eigenvalue weighted by molar-refractivity contribution is -0.142. The van der Waals surface area contributed by atoms with Crippen molar-refractivity contribution in [1.29, 1.82) is 0 Å². The molecule has 0 radical (unpaired) electrons. The third kappa shape index (κ3) is 8.10. The Labute approximate surface area is 144 Å². The summed E-state index contributed by atoms with van der Waals surface area (Å²) in [6.07, 6.45) is 11.6. The van der Waals surface area contributed by atoms with Gasteiger partial charge in [-0.15, -0.1) is 4.91 Å². The highest BCUT2D eigenvalue weighted by atomic mass is 16.7. The fraction of sp³-hybridized carbons (Fsp3) is 0.706. The number of allylic oxidation sites excluding steroid dienone is 1. The summed E-state index contributed by atoms with van der Waals surface area (Å²) in [4.78, 5) is 25.1. The summed E-state index contributed by atoms with van der Waals surface area (Å²) in [5.74, 6) is -0.849. The van der Waals surface area contributed by atoms with Gasteiger partial charge in [-0.05, 0) is 32.9 Å². The van der Waals surface area contributed by atoms with Crippen LogP contribution in [0.15, 0.2) is 29.3 Å². The fourth-order valence-electron chi connectivity index (χ4n) is 2.26. The first kappa shape index (κ1) is 22.1. The number of unbranched alkanes of at least 4 members (excludes halogenated alkanes) is 3. The zero-order valence-electron chi connectivity index (χ0n) is 15.2. The molecule has 0 spiro atoms. The molecule has 0 heterocycles. The number of carboxylic acid groups (broad SMARTS) is 1. The second kappa shape index (κ2) is 12.5. The van der Waals surface area contributed by atoms with Crippen molar-refractivity contribution >= 4 is 5.97 Å². The molecule has 0 aromatic carbocycles. The van der Waals surface area contributed by atoms with Crippen LogP contribution in [0.2, 0.25) is 0 Å². The Morgan fingerprint density at radius 2 is 2.12 bits per heavy atom. The van der Waals surface area contributed by atoms with Crippen LogP contribution in [0.3, 0.4) is 0 Å². The molecule has 0 aromatic heterocycles. The van der Waals surface area contributed by atoms with Crippen molar-refractivity contribution in [3.05, 3.63) is 28.8 Å². The van der Waals surface area contributed by atoms with Crippen molar-refractivity contribution in [3.8, 4) is 0 Å². The van der Waals surface area contributed by atoms with Gasteiger partial charge in [-0.1, -0.05) is 38.3 Å². The standard InChI is InChI=1S/C9H14N2O2.C8H17NO2/c1-10-7-3-5-9(11-2,6-4-7)8(12)13;1-3-4-5-6-7-8(2)11-9-10/h3-5,10-11H,6H2,1-2H3,(H,12,13);8H,3-7H2,1-2H3. The summed E-state index contributed by atoms with van der Waals surface area (Å²) >= 11 is 0. The number of carbonyl (C=O) groups is 1. The minimum absolute atomic E-state index is 0.00986. The number of carboxylic acids is 1. The van der Waals surface area contributed by atoms with Gasteiger partial charge in [0.1, 0.15) is 11.6 Å². The second-order valence-electron chi connectivity index (χ2n) is 5.81. The van der Waals surface area contributed by atoms with Crippen LogP contribution >= 0.6 is 0 Å². The van der Waals surface area contributed by atoms with Crippen molar-refractivity contribution in [3.63, 3.8) is 0 Å². The zero-order chi connectivity index (χ0) is 18.4. The summed E-state index contributed by atoms with van der Waals surface area (Å²) in [6.45, 7) is 4.04. The quantitative estimate of drug-likeness (QED) is 0.321. The van der Waals surface area contributed by atoms with Crippen LogP contribution in [-0.2, 0) is 9.63 Å². The molecule has 7 nitrogen and oxygen atoms in total. The number of likely N-dealkylation sites (N-methyl/N-ethyl adjacent to an activating group) is 2. The van der Waals surface area contributed by atoms with Crippen molar-refractivity contribution in [1.82, 2.24) is 10.6 Å². The number of nitrogens with one attached hydrogen (secondary N) is 2. The molecule has 0 fully saturated rings. The maximum atomic E-state index is 10.9. The molecule has 2 unspecified atom stereocenters. The van der Waals surface area contributed by atoms with E-state index in [4.69, 9.17) is 5.11 Å². The Kier molecular flexibility index (Phi) is 11.5.